The smallest absolute Gasteiger partial charge is 0.356 e. The number of aliphatic hydroxyl groups excluding tert-OH is 3. The Kier molecular flexibility index (Phi) is 9.16. The molecule has 0 saturated carbocycles. The molecule has 1 amide bonds. The van der Waals surface area contributed by atoms with Gasteiger partial charge in [-0.3, -0.25) is 9.36 Å². The Labute approximate surface area is 198 Å². The van der Waals surface area contributed by atoms with Crippen LogP contribution < -0.4 is 5.32 Å². The highest BCUT2D eigenvalue weighted by atomic mass is 35.5. The Bertz CT molecular complexity index is 809. The van der Waals surface area contributed by atoms with Gasteiger partial charge in [-0.15, -0.1) is 0 Å². The lowest BCUT2D eigenvalue weighted by Crippen LogP contribution is -2.64. The third kappa shape index (κ3) is 6.66. The van der Waals surface area contributed by atoms with E-state index in [9.17, 15) is 24.7 Å². The van der Waals surface area contributed by atoms with Crippen LogP contribution in [0.4, 0.5) is 0 Å². The van der Waals surface area contributed by atoms with E-state index in [4.69, 9.17) is 30.1 Å². The van der Waals surface area contributed by atoms with Crippen LogP contribution in [0.5, 0.6) is 0 Å². The molecule has 2 saturated heterocycles. The van der Waals surface area contributed by atoms with Crippen molar-refractivity contribution >= 4 is 25.1 Å². The topological polar surface area (TPSA) is 144 Å². The molecule has 2 heterocycles. The molecule has 3 unspecified atom stereocenters. The monoisotopic (exact) mass is 509 g/mol. The predicted octanol–water partition coefficient (Wildman–Crippen LogP) is 1.77. The maximum absolute atomic E-state index is 13.1. The van der Waals surface area contributed by atoms with Gasteiger partial charge in [-0.2, -0.15) is 0 Å². The molecule has 10 nitrogen and oxygen atoms in total. The van der Waals surface area contributed by atoms with Crippen LogP contribution in [0.1, 0.15) is 39.5 Å². The van der Waals surface area contributed by atoms with Gasteiger partial charge in [0.25, 0.3) is 0 Å². The molecule has 1 aliphatic carbocycles. The molecule has 0 radical (unpaired) electrons. The van der Waals surface area contributed by atoms with E-state index in [0.29, 0.717) is 24.3 Å². The van der Waals surface area contributed by atoms with E-state index in [1.807, 2.05) is 32.1 Å². The molecule has 12 heteroatoms. The fourth-order valence-corrected chi connectivity index (χ4v) is 6.15. The SMILES string of the molecule is CCCC(=O)N[C@H]1C(O)O[C@H](COCP2(=O)OCC[C@@H](C3(C)C=C(Cl)C=CC3)O2)[C@@H](O)[C@@H]1O. The van der Waals surface area contributed by atoms with Gasteiger partial charge in [-0.05, 0) is 25.3 Å². The molecule has 0 spiro atoms. The van der Waals surface area contributed by atoms with Crippen LogP contribution in [-0.2, 0) is 27.9 Å². The molecule has 3 rings (SSSR count). The molecular weight excluding hydrogens is 477 g/mol. The molecule has 0 aromatic rings. The lowest BCUT2D eigenvalue weighted by atomic mass is 9.77. The fourth-order valence-electron chi connectivity index (χ4n) is 4.17. The number of rotatable bonds is 8. The quantitative estimate of drug-likeness (QED) is 0.360. The number of carbonyl (C=O) groups is 1. The summed E-state index contributed by atoms with van der Waals surface area (Å²) in [5.41, 5.74) is -0.431. The minimum atomic E-state index is -3.59. The van der Waals surface area contributed by atoms with Crippen LogP contribution in [-0.4, -0.2) is 77.5 Å². The number of ether oxygens (including phenoxy) is 2. The Morgan fingerprint density at radius 3 is 2.82 bits per heavy atom. The lowest BCUT2D eigenvalue weighted by molar-refractivity contribution is -0.256. The third-order valence-electron chi connectivity index (χ3n) is 6.05. The van der Waals surface area contributed by atoms with Gasteiger partial charge >= 0.3 is 7.60 Å². The third-order valence-corrected chi connectivity index (χ3v) is 7.94. The summed E-state index contributed by atoms with van der Waals surface area (Å²) >= 11 is 6.14. The van der Waals surface area contributed by atoms with E-state index in [-0.39, 0.29) is 38.0 Å². The summed E-state index contributed by atoms with van der Waals surface area (Å²) in [6, 6.07) is -1.18. The van der Waals surface area contributed by atoms with Gasteiger partial charge in [0.05, 0.1) is 19.3 Å². The Hall–Kier alpha value is -0.810. The number of carbonyl (C=O) groups excluding carboxylic acids is 1. The Morgan fingerprint density at radius 1 is 1.36 bits per heavy atom. The van der Waals surface area contributed by atoms with Crippen LogP contribution in [0.25, 0.3) is 0 Å². The van der Waals surface area contributed by atoms with E-state index < -0.39 is 43.7 Å². The molecule has 0 aromatic carbocycles. The summed E-state index contributed by atoms with van der Waals surface area (Å²) < 4.78 is 35.1. The molecule has 188 valence electrons. The average Bonchev–Trinajstić information content (AvgIpc) is 2.75. The summed E-state index contributed by atoms with van der Waals surface area (Å²) in [5.74, 6) is -0.372. The van der Waals surface area contributed by atoms with Crippen LogP contribution in [0.15, 0.2) is 23.3 Å². The maximum Gasteiger partial charge on any atom is 0.356 e. The molecule has 0 bridgehead atoms. The zero-order chi connectivity index (χ0) is 24.2. The second kappa shape index (κ2) is 11.3. The molecular formula is C21H33ClNO9P. The fraction of sp³-hybridized carbons (Fsp3) is 0.762. The molecule has 0 aromatic heterocycles. The van der Waals surface area contributed by atoms with E-state index in [2.05, 4.69) is 5.32 Å². The first-order valence-corrected chi connectivity index (χ1v) is 13.2. The number of allylic oxidation sites excluding steroid dienone is 3. The molecule has 33 heavy (non-hydrogen) atoms. The summed E-state index contributed by atoms with van der Waals surface area (Å²) in [6.45, 7) is 3.75. The first-order valence-electron chi connectivity index (χ1n) is 11.1. The second-order valence-corrected chi connectivity index (χ2v) is 11.2. The van der Waals surface area contributed by atoms with E-state index in [0.717, 1.165) is 0 Å². The first-order chi connectivity index (χ1) is 15.6. The van der Waals surface area contributed by atoms with Crippen molar-refractivity contribution in [1.29, 1.82) is 0 Å². The van der Waals surface area contributed by atoms with Gasteiger partial charge in [-0.1, -0.05) is 37.6 Å². The highest BCUT2D eigenvalue weighted by molar-refractivity contribution is 7.53. The van der Waals surface area contributed by atoms with Crippen molar-refractivity contribution in [3.63, 3.8) is 0 Å². The van der Waals surface area contributed by atoms with Gasteiger partial charge < -0.3 is 39.2 Å². The van der Waals surface area contributed by atoms with Gasteiger partial charge in [0.15, 0.2) is 6.29 Å². The largest absolute Gasteiger partial charge is 0.388 e. The lowest BCUT2D eigenvalue weighted by Gasteiger charge is -2.41. The van der Waals surface area contributed by atoms with Gasteiger partial charge in [0.1, 0.15) is 30.7 Å². The van der Waals surface area contributed by atoms with Gasteiger partial charge in [0.2, 0.25) is 5.91 Å². The molecule has 3 aliphatic rings. The number of nitrogens with one attached hydrogen (secondary N) is 1. The Morgan fingerprint density at radius 2 is 2.12 bits per heavy atom. The summed E-state index contributed by atoms with van der Waals surface area (Å²) in [7, 11) is -3.59. The van der Waals surface area contributed by atoms with Crippen molar-refractivity contribution in [1.82, 2.24) is 5.32 Å². The second-order valence-electron chi connectivity index (χ2n) is 8.86. The van der Waals surface area contributed by atoms with E-state index in [1.54, 1.807) is 0 Å². The summed E-state index contributed by atoms with van der Waals surface area (Å²) in [4.78, 5) is 11.8. The van der Waals surface area contributed by atoms with Crippen molar-refractivity contribution in [2.45, 2.75) is 76.3 Å². The average molecular weight is 510 g/mol. The van der Waals surface area contributed by atoms with Gasteiger partial charge in [0, 0.05) is 16.9 Å². The van der Waals surface area contributed by atoms with Crippen molar-refractivity contribution in [3.8, 4) is 0 Å². The zero-order valence-corrected chi connectivity index (χ0v) is 20.4. The first kappa shape index (κ1) is 26.8. The zero-order valence-electron chi connectivity index (χ0n) is 18.8. The van der Waals surface area contributed by atoms with Crippen LogP contribution >= 0.6 is 19.2 Å². The van der Waals surface area contributed by atoms with Crippen LogP contribution in [0.3, 0.4) is 0 Å². The molecule has 8 atom stereocenters. The summed E-state index contributed by atoms with van der Waals surface area (Å²) in [5, 5.41) is 33.9. The van der Waals surface area contributed by atoms with Crippen LogP contribution in [0.2, 0.25) is 0 Å². The minimum absolute atomic E-state index is 0.214. The number of aliphatic hydroxyl groups is 3. The normalized spacial score (nSPS) is 41.5. The standard InChI is InChI=1S/C21H33ClNO9P/c1-3-5-16(24)23-17-19(26)18(25)14(31-20(17)27)11-29-12-33(28)30-9-7-15(32-33)21(2)8-4-6-13(22)10-21/h4,6,10,14-15,17-20,25-27H,3,5,7-9,11-12H2,1-2H3,(H,23,24)/t14-,15+,17-,18-,19-,20?,21?,33?/m1/s1. The minimum Gasteiger partial charge on any atom is -0.388 e. The highest BCUT2D eigenvalue weighted by Gasteiger charge is 2.46. The number of hydrogen-bond acceptors (Lipinski definition) is 9. The van der Waals surface area contributed by atoms with Crippen molar-refractivity contribution < 1.29 is 43.2 Å². The van der Waals surface area contributed by atoms with Crippen molar-refractivity contribution in [3.05, 3.63) is 23.3 Å². The van der Waals surface area contributed by atoms with E-state index in [1.165, 1.54) is 0 Å². The Balaban J connectivity index is 1.53. The van der Waals surface area contributed by atoms with Crippen molar-refractivity contribution in [2.24, 2.45) is 5.41 Å². The summed E-state index contributed by atoms with van der Waals surface area (Å²) in [6.07, 6.45) is 1.34. The predicted molar refractivity (Wildman–Crippen MR) is 119 cm³/mol. The number of amides is 1. The number of halogens is 1. The molecule has 2 fully saturated rings. The van der Waals surface area contributed by atoms with E-state index >= 15 is 0 Å². The number of hydrogen-bond donors (Lipinski definition) is 4. The maximum atomic E-state index is 13.1. The van der Waals surface area contributed by atoms with Crippen molar-refractivity contribution in [2.75, 3.05) is 19.6 Å². The highest BCUT2D eigenvalue weighted by Crippen LogP contribution is 2.56. The van der Waals surface area contributed by atoms with Gasteiger partial charge in [-0.25, -0.2) is 0 Å². The molecule has 2 aliphatic heterocycles. The molecule has 4 N–H and O–H groups in total. The van der Waals surface area contributed by atoms with Crippen LogP contribution in [0, 0.1) is 5.41 Å².